The zero-order chi connectivity index (χ0) is 18.5. The zero-order valence-corrected chi connectivity index (χ0v) is 15.0. The van der Waals surface area contributed by atoms with Crippen molar-refractivity contribution in [3.8, 4) is 5.75 Å². The third kappa shape index (κ3) is 4.19. The number of aromatic nitrogens is 3. The fourth-order valence-corrected chi connectivity index (χ4v) is 2.72. The lowest BCUT2D eigenvalue weighted by atomic mass is 10.1. The van der Waals surface area contributed by atoms with Crippen LogP contribution < -0.4 is 10.1 Å². The van der Waals surface area contributed by atoms with Crippen molar-refractivity contribution in [3.63, 3.8) is 0 Å². The van der Waals surface area contributed by atoms with Gasteiger partial charge < -0.3 is 10.1 Å². The molecule has 0 aliphatic carbocycles. The van der Waals surface area contributed by atoms with Gasteiger partial charge in [-0.05, 0) is 32.4 Å². The molecule has 8 heteroatoms. The number of hydrogen-bond donors (Lipinski definition) is 1. The Morgan fingerprint density at radius 3 is 2.69 bits per heavy atom. The smallest absolute Gasteiger partial charge is 0.324 e. The molecule has 2 heterocycles. The van der Waals surface area contributed by atoms with Gasteiger partial charge in [0.05, 0.1) is 12.3 Å². The van der Waals surface area contributed by atoms with Crippen molar-refractivity contribution < 1.29 is 14.3 Å². The Morgan fingerprint density at radius 2 is 2.00 bits per heavy atom. The average Bonchev–Trinajstić information content (AvgIpc) is 3.19. The first-order chi connectivity index (χ1) is 12.5. The van der Waals surface area contributed by atoms with E-state index in [9.17, 15) is 9.59 Å². The molecule has 2 aromatic rings. The first-order valence-electron chi connectivity index (χ1n) is 8.75. The maximum atomic E-state index is 12.5. The van der Waals surface area contributed by atoms with E-state index in [1.165, 1.54) is 4.90 Å². The van der Waals surface area contributed by atoms with Crippen LogP contribution in [0.15, 0.2) is 36.5 Å². The van der Waals surface area contributed by atoms with E-state index < -0.39 is 6.04 Å². The lowest BCUT2D eigenvalue weighted by Gasteiger charge is -2.13. The van der Waals surface area contributed by atoms with E-state index in [1.807, 2.05) is 44.2 Å². The standard InChI is InChI=1S/C18H23N5O3/c1-13(2)23-12-14(20-21-23)11-16-17(24)22(18(25)19-16)9-6-10-26-15-7-4-3-5-8-15/h3-5,7-8,12-13,16H,6,9-11H2,1-2H3,(H,19,25). The zero-order valence-electron chi connectivity index (χ0n) is 15.0. The molecule has 0 saturated carbocycles. The molecule has 1 unspecified atom stereocenters. The molecule has 8 nitrogen and oxygen atoms in total. The van der Waals surface area contributed by atoms with E-state index in [0.717, 1.165) is 5.75 Å². The van der Waals surface area contributed by atoms with Crippen molar-refractivity contribution in [2.45, 2.75) is 38.8 Å². The summed E-state index contributed by atoms with van der Waals surface area (Å²) in [4.78, 5) is 25.8. The van der Waals surface area contributed by atoms with E-state index in [2.05, 4.69) is 15.6 Å². The number of amides is 3. The van der Waals surface area contributed by atoms with Crippen LogP contribution in [0.4, 0.5) is 4.79 Å². The molecule has 1 aliphatic rings. The lowest BCUT2D eigenvalue weighted by Crippen LogP contribution is -2.33. The van der Waals surface area contributed by atoms with Gasteiger partial charge in [0.1, 0.15) is 11.8 Å². The topological polar surface area (TPSA) is 89.4 Å². The van der Waals surface area contributed by atoms with E-state index in [1.54, 1.807) is 10.9 Å². The van der Waals surface area contributed by atoms with Crippen molar-refractivity contribution in [1.82, 2.24) is 25.2 Å². The largest absolute Gasteiger partial charge is 0.494 e. The first kappa shape index (κ1) is 17.9. The van der Waals surface area contributed by atoms with Crippen LogP contribution >= 0.6 is 0 Å². The van der Waals surface area contributed by atoms with E-state index >= 15 is 0 Å². The second kappa shape index (κ2) is 7.99. The third-order valence-electron chi connectivity index (χ3n) is 4.15. The number of benzene rings is 1. The van der Waals surface area contributed by atoms with Crippen LogP contribution in [-0.4, -0.2) is 51.0 Å². The molecule has 26 heavy (non-hydrogen) atoms. The normalized spacial score (nSPS) is 17.0. The SMILES string of the molecule is CC(C)n1cc(CC2NC(=O)N(CCCOc3ccccc3)C2=O)nn1. The number of para-hydroxylation sites is 1. The summed E-state index contributed by atoms with van der Waals surface area (Å²) in [6.07, 6.45) is 2.72. The van der Waals surface area contributed by atoms with Crippen LogP contribution in [0.5, 0.6) is 5.75 Å². The molecule has 1 aromatic carbocycles. The molecule has 1 aromatic heterocycles. The molecule has 0 bridgehead atoms. The number of nitrogens with zero attached hydrogens (tertiary/aromatic N) is 4. The summed E-state index contributed by atoms with van der Waals surface area (Å²) in [7, 11) is 0. The lowest BCUT2D eigenvalue weighted by molar-refractivity contribution is -0.127. The Kier molecular flexibility index (Phi) is 5.50. The van der Waals surface area contributed by atoms with Crippen molar-refractivity contribution in [2.75, 3.05) is 13.2 Å². The second-order valence-corrected chi connectivity index (χ2v) is 6.49. The van der Waals surface area contributed by atoms with Gasteiger partial charge in [0.25, 0.3) is 5.91 Å². The van der Waals surface area contributed by atoms with E-state index in [0.29, 0.717) is 31.7 Å². The van der Waals surface area contributed by atoms with Crippen LogP contribution in [-0.2, 0) is 11.2 Å². The first-order valence-corrected chi connectivity index (χ1v) is 8.75. The van der Waals surface area contributed by atoms with Crippen LogP contribution in [0, 0.1) is 0 Å². The molecule has 138 valence electrons. The maximum absolute atomic E-state index is 12.5. The van der Waals surface area contributed by atoms with Crippen LogP contribution in [0.2, 0.25) is 0 Å². The Bertz CT molecular complexity index is 759. The minimum atomic E-state index is -0.588. The molecule has 1 fully saturated rings. The second-order valence-electron chi connectivity index (χ2n) is 6.49. The van der Waals surface area contributed by atoms with Gasteiger partial charge in [0, 0.05) is 25.2 Å². The van der Waals surface area contributed by atoms with Gasteiger partial charge in [0.15, 0.2) is 0 Å². The summed E-state index contributed by atoms with van der Waals surface area (Å²) < 4.78 is 7.32. The molecule has 1 saturated heterocycles. The van der Waals surface area contributed by atoms with Gasteiger partial charge in [-0.25, -0.2) is 9.48 Å². The number of ether oxygens (including phenoxy) is 1. The predicted molar refractivity (Wildman–Crippen MR) is 94.7 cm³/mol. The summed E-state index contributed by atoms with van der Waals surface area (Å²) in [5.41, 5.74) is 0.687. The Balaban J connectivity index is 1.48. The number of hydrogen-bond acceptors (Lipinski definition) is 5. The number of nitrogens with one attached hydrogen (secondary N) is 1. The van der Waals surface area contributed by atoms with Crippen LogP contribution in [0.1, 0.15) is 32.0 Å². The minimum absolute atomic E-state index is 0.200. The van der Waals surface area contributed by atoms with Gasteiger partial charge >= 0.3 is 6.03 Å². The average molecular weight is 357 g/mol. The number of imide groups is 1. The van der Waals surface area contributed by atoms with Crippen LogP contribution in [0.3, 0.4) is 0 Å². The molecule has 1 N–H and O–H groups in total. The Hall–Kier alpha value is -2.90. The van der Waals surface area contributed by atoms with Gasteiger partial charge in [-0.2, -0.15) is 0 Å². The summed E-state index contributed by atoms with van der Waals surface area (Å²) >= 11 is 0. The molecule has 3 amide bonds. The highest BCUT2D eigenvalue weighted by atomic mass is 16.5. The van der Waals surface area contributed by atoms with Gasteiger partial charge in [-0.15, -0.1) is 5.10 Å². The third-order valence-corrected chi connectivity index (χ3v) is 4.15. The molecule has 1 atom stereocenters. The highest BCUT2D eigenvalue weighted by Crippen LogP contribution is 2.13. The number of carbonyl (C=O) groups excluding carboxylic acids is 2. The molecular weight excluding hydrogens is 334 g/mol. The number of urea groups is 1. The summed E-state index contributed by atoms with van der Waals surface area (Å²) in [6, 6.07) is 8.69. The Morgan fingerprint density at radius 1 is 1.23 bits per heavy atom. The van der Waals surface area contributed by atoms with Crippen molar-refractivity contribution >= 4 is 11.9 Å². The fraction of sp³-hybridized carbons (Fsp3) is 0.444. The van der Waals surface area contributed by atoms with Crippen molar-refractivity contribution in [1.29, 1.82) is 0 Å². The summed E-state index contributed by atoms with van der Waals surface area (Å²) in [6.45, 7) is 4.77. The van der Waals surface area contributed by atoms with Gasteiger partial charge in [-0.3, -0.25) is 9.69 Å². The number of rotatable bonds is 8. The number of carbonyl (C=O) groups is 2. The molecule has 3 rings (SSSR count). The van der Waals surface area contributed by atoms with Crippen molar-refractivity contribution in [3.05, 3.63) is 42.2 Å². The molecule has 0 radical (unpaired) electrons. The van der Waals surface area contributed by atoms with Crippen LogP contribution in [0.25, 0.3) is 0 Å². The maximum Gasteiger partial charge on any atom is 0.324 e. The highest BCUT2D eigenvalue weighted by Gasteiger charge is 2.37. The predicted octanol–water partition coefficient (Wildman–Crippen LogP) is 1.79. The quantitative estimate of drug-likeness (QED) is 0.575. The summed E-state index contributed by atoms with van der Waals surface area (Å²) in [5, 5.41) is 10.8. The van der Waals surface area contributed by atoms with E-state index in [-0.39, 0.29) is 18.0 Å². The molecular formula is C18H23N5O3. The molecule has 1 aliphatic heterocycles. The highest BCUT2D eigenvalue weighted by molar-refractivity contribution is 6.04. The van der Waals surface area contributed by atoms with Gasteiger partial charge in [0.2, 0.25) is 0 Å². The van der Waals surface area contributed by atoms with Gasteiger partial charge in [-0.1, -0.05) is 23.4 Å². The minimum Gasteiger partial charge on any atom is -0.494 e. The Labute approximate surface area is 152 Å². The fourth-order valence-electron chi connectivity index (χ4n) is 2.72. The molecule has 0 spiro atoms. The van der Waals surface area contributed by atoms with Crippen molar-refractivity contribution in [2.24, 2.45) is 0 Å². The monoisotopic (exact) mass is 357 g/mol. The van der Waals surface area contributed by atoms with E-state index in [4.69, 9.17) is 4.74 Å². The summed E-state index contributed by atoms with van der Waals surface area (Å²) in [5.74, 6) is 0.546.